The molecule has 0 aliphatic heterocycles. The van der Waals surface area contributed by atoms with Crippen molar-refractivity contribution in [2.75, 3.05) is 20.8 Å². The molecule has 0 aromatic heterocycles. The first-order chi connectivity index (χ1) is 10.1. The van der Waals surface area contributed by atoms with Crippen molar-refractivity contribution in [2.24, 2.45) is 0 Å². The number of ether oxygens (including phenoxy) is 2. The first-order valence-electron chi connectivity index (χ1n) is 6.46. The number of methoxy groups -OCH3 is 2. The van der Waals surface area contributed by atoms with Crippen LogP contribution in [0.4, 0.5) is 0 Å². The molecule has 114 valence electrons. The number of amides is 1. The maximum Gasteiger partial charge on any atom is 0.303 e. The van der Waals surface area contributed by atoms with Crippen molar-refractivity contribution in [2.45, 2.75) is 12.8 Å². The summed E-state index contributed by atoms with van der Waals surface area (Å²) in [6.45, 7) is 0.329. The molecule has 1 aromatic carbocycles. The number of benzene rings is 1. The summed E-state index contributed by atoms with van der Waals surface area (Å²) >= 11 is 0. The molecule has 0 fully saturated rings. The van der Waals surface area contributed by atoms with Crippen LogP contribution in [0, 0.1) is 0 Å². The fourth-order valence-electron chi connectivity index (χ4n) is 1.63. The highest BCUT2D eigenvalue weighted by Crippen LogP contribution is 2.25. The monoisotopic (exact) mass is 293 g/mol. The highest BCUT2D eigenvalue weighted by Gasteiger charge is 2.03. The van der Waals surface area contributed by atoms with Gasteiger partial charge in [0, 0.05) is 30.7 Å². The van der Waals surface area contributed by atoms with Gasteiger partial charge in [-0.25, -0.2) is 0 Å². The van der Waals surface area contributed by atoms with Crippen LogP contribution in [0.15, 0.2) is 24.3 Å². The molecule has 0 unspecified atom stereocenters. The van der Waals surface area contributed by atoms with Crippen LogP contribution in [0.5, 0.6) is 11.5 Å². The van der Waals surface area contributed by atoms with Crippen LogP contribution in [-0.4, -0.2) is 37.7 Å². The van der Waals surface area contributed by atoms with Crippen molar-refractivity contribution in [3.8, 4) is 11.5 Å². The standard InChI is InChI=1S/C15H19NO5/c1-20-12-7-5-11(13(10-12)21-2)6-8-14(17)16-9-3-4-15(18)19/h5-8,10H,3-4,9H2,1-2H3,(H,16,17)(H,18,19). The van der Waals surface area contributed by atoms with Gasteiger partial charge in [0.05, 0.1) is 14.2 Å². The van der Waals surface area contributed by atoms with Gasteiger partial charge in [0.1, 0.15) is 11.5 Å². The highest BCUT2D eigenvalue weighted by atomic mass is 16.5. The topological polar surface area (TPSA) is 84.9 Å². The Kier molecular flexibility index (Phi) is 6.80. The molecule has 0 radical (unpaired) electrons. The fourth-order valence-corrected chi connectivity index (χ4v) is 1.63. The minimum atomic E-state index is -0.872. The van der Waals surface area contributed by atoms with Crippen LogP contribution in [-0.2, 0) is 9.59 Å². The maximum atomic E-state index is 11.6. The van der Waals surface area contributed by atoms with E-state index >= 15 is 0 Å². The average molecular weight is 293 g/mol. The summed E-state index contributed by atoms with van der Waals surface area (Å²) in [5.74, 6) is 0.118. The summed E-state index contributed by atoms with van der Waals surface area (Å²) in [7, 11) is 3.10. The highest BCUT2D eigenvalue weighted by molar-refractivity contribution is 5.92. The molecule has 2 N–H and O–H groups in total. The molecule has 1 aromatic rings. The lowest BCUT2D eigenvalue weighted by atomic mass is 10.1. The third-order valence-corrected chi connectivity index (χ3v) is 2.72. The lowest BCUT2D eigenvalue weighted by Crippen LogP contribution is -2.22. The van der Waals surface area contributed by atoms with E-state index in [4.69, 9.17) is 14.6 Å². The summed E-state index contributed by atoms with van der Waals surface area (Å²) in [5, 5.41) is 11.1. The van der Waals surface area contributed by atoms with Crippen LogP contribution in [0.1, 0.15) is 18.4 Å². The third kappa shape index (κ3) is 5.99. The van der Waals surface area contributed by atoms with E-state index in [-0.39, 0.29) is 12.3 Å². The summed E-state index contributed by atoms with van der Waals surface area (Å²) in [4.78, 5) is 21.9. The van der Waals surface area contributed by atoms with E-state index in [9.17, 15) is 9.59 Å². The molecule has 0 saturated heterocycles. The van der Waals surface area contributed by atoms with Gasteiger partial charge >= 0.3 is 5.97 Å². The Morgan fingerprint density at radius 1 is 1.29 bits per heavy atom. The molecule has 0 aliphatic rings. The number of nitrogens with one attached hydrogen (secondary N) is 1. The zero-order valence-electron chi connectivity index (χ0n) is 12.1. The Balaban J connectivity index is 2.55. The number of rotatable bonds is 8. The van der Waals surface area contributed by atoms with Gasteiger partial charge in [-0.2, -0.15) is 0 Å². The van der Waals surface area contributed by atoms with Crippen molar-refractivity contribution in [3.05, 3.63) is 29.8 Å². The zero-order chi connectivity index (χ0) is 15.7. The molecule has 6 heteroatoms. The summed E-state index contributed by atoms with van der Waals surface area (Å²) in [6.07, 6.45) is 3.45. The number of carboxylic acid groups (broad SMARTS) is 1. The van der Waals surface area contributed by atoms with Crippen LogP contribution < -0.4 is 14.8 Å². The summed E-state index contributed by atoms with van der Waals surface area (Å²) in [5.41, 5.74) is 0.749. The quantitative estimate of drug-likeness (QED) is 0.563. The smallest absolute Gasteiger partial charge is 0.303 e. The van der Waals surface area contributed by atoms with Gasteiger partial charge in [-0.1, -0.05) is 0 Å². The molecule has 0 saturated carbocycles. The molecule has 21 heavy (non-hydrogen) atoms. The van der Waals surface area contributed by atoms with Crippen molar-refractivity contribution < 1.29 is 24.2 Å². The van der Waals surface area contributed by atoms with E-state index in [0.29, 0.717) is 24.5 Å². The molecule has 0 aliphatic carbocycles. The van der Waals surface area contributed by atoms with Crippen LogP contribution in [0.2, 0.25) is 0 Å². The van der Waals surface area contributed by atoms with E-state index in [1.807, 2.05) is 0 Å². The first-order valence-corrected chi connectivity index (χ1v) is 6.46. The molecule has 1 rings (SSSR count). The molecule has 0 bridgehead atoms. The van der Waals surface area contributed by atoms with E-state index in [1.165, 1.54) is 13.2 Å². The molecule has 0 heterocycles. The van der Waals surface area contributed by atoms with Crippen molar-refractivity contribution in [1.82, 2.24) is 5.32 Å². The molecular weight excluding hydrogens is 274 g/mol. The van der Waals surface area contributed by atoms with Crippen LogP contribution in [0.25, 0.3) is 6.08 Å². The molecule has 0 atom stereocenters. The fraction of sp³-hybridized carbons (Fsp3) is 0.333. The van der Waals surface area contributed by atoms with Gasteiger partial charge in [0.15, 0.2) is 0 Å². The van der Waals surface area contributed by atoms with Gasteiger partial charge in [0.25, 0.3) is 0 Å². The molecule has 0 spiro atoms. The minimum absolute atomic E-state index is 0.0380. The number of hydrogen-bond acceptors (Lipinski definition) is 4. The largest absolute Gasteiger partial charge is 0.497 e. The maximum absolute atomic E-state index is 11.6. The zero-order valence-corrected chi connectivity index (χ0v) is 12.1. The number of carbonyl (C=O) groups excluding carboxylic acids is 1. The summed E-state index contributed by atoms with van der Waals surface area (Å²) in [6, 6.07) is 5.28. The normalized spacial score (nSPS) is 10.4. The Labute approximate surface area is 123 Å². The molecule has 1 amide bonds. The number of carboxylic acids is 1. The molecule has 6 nitrogen and oxygen atoms in total. The van der Waals surface area contributed by atoms with Crippen LogP contribution in [0.3, 0.4) is 0 Å². The Morgan fingerprint density at radius 3 is 2.67 bits per heavy atom. The second-order valence-electron chi connectivity index (χ2n) is 4.23. The van der Waals surface area contributed by atoms with Gasteiger partial charge in [-0.05, 0) is 24.6 Å². The van der Waals surface area contributed by atoms with Crippen LogP contribution >= 0.6 is 0 Å². The Hall–Kier alpha value is -2.50. The van der Waals surface area contributed by atoms with Crippen molar-refractivity contribution in [3.63, 3.8) is 0 Å². The van der Waals surface area contributed by atoms with Gasteiger partial charge in [-0.15, -0.1) is 0 Å². The number of aliphatic carboxylic acids is 1. The molecular formula is C15H19NO5. The SMILES string of the molecule is COc1ccc(C=CC(=O)NCCCC(=O)O)c(OC)c1. The number of carbonyl (C=O) groups is 2. The lowest BCUT2D eigenvalue weighted by Gasteiger charge is -2.07. The van der Waals surface area contributed by atoms with Gasteiger partial charge in [-0.3, -0.25) is 9.59 Å². The van der Waals surface area contributed by atoms with E-state index in [2.05, 4.69) is 5.32 Å². The predicted octanol–water partition coefficient (Wildman–Crippen LogP) is 1.70. The Bertz CT molecular complexity index is 525. The van der Waals surface area contributed by atoms with Gasteiger partial charge < -0.3 is 19.9 Å². The summed E-state index contributed by atoms with van der Waals surface area (Å²) < 4.78 is 10.3. The Morgan fingerprint density at radius 2 is 2.05 bits per heavy atom. The second-order valence-corrected chi connectivity index (χ2v) is 4.23. The minimum Gasteiger partial charge on any atom is -0.497 e. The average Bonchev–Trinajstić information content (AvgIpc) is 2.49. The van der Waals surface area contributed by atoms with E-state index in [0.717, 1.165) is 5.56 Å². The van der Waals surface area contributed by atoms with E-state index in [1.54, 1.807) is 31.4 Å². The third-order valence-electron chi connectivity index (χ3n) is 2.72. The van der Waals surface area contributed by atoms with Gasteiger partial charge in [0.2, 0.25) is 5.91 Å². The number of hydrogen-bond donors (Lipinski definition) is 2. The second kappa shape index (κ2) is 8.63. The van der Waals surface area contributed by atoms with E-state index < -0.39 is 5.97 Å². The van der Waals surface area contributed by atoms with Crippen molar-refractivity contribution >= 4 is 18.0 Å². The lowest BCUT2D eigenvalue weighted by molar-refractivity contribution is -0.137. The first kappa shape index (κ1) is 16.6. The predicted molar refractivity (Wildman–Crippen MR) is 78.5 cm³/mol. The van der Waals surface area contributed by atoms with Crippen molar-refractivity contribution in [1.29, 1.82) is 0 Å².